The van der Waals surface area contributed by atoms with Crippen molar-refractivity contribution in [3.8, 4) is 0 Å². The molecular weight excluding hydrogens is 348 g/mol. The second kappa shape index (κ2) is 7.57. The molecule has 1 heterocycles. The molecular formula is C20H20N2O5. The van der Waals surface area contributed by atoms with E-state index in [1.165, 1.54) is 18.2 Å². The Kier molecular flexibility index (Phi) is 5.21. The second-order valence-corrected chi connectivity index (χ2v) is 6.59. The van der Waals surface area contributed by atoms with Crippen molar-refractivity contribution < 1.29 is 19.1 Å². The number of anilines is 1. The molecule has 1 aliphatic rings. The molecule has 1 unspecified atom stereocenters. The second-order valence-electron chi connectivity index (χ2n) is 6.59. The summed E-state index contributed by atoms with van der Waals surface area (Å²) in [6.45, 7) is 3.93. The highest BCUT2D eigenvalue weighted by Crippen LogP contribution is 2.23. The van der Waals surface area contributed by atoms with Gasteiger partial charge in [0.05, 0.1) is 12.2 Å². The van der Waals surface area contributed by atoms with Crippen molar-refractivity contribution in [2.24, 2.45) is 5.92 Å². The lowest BCUT2D eigenvalue weighted by Gasteiger charge is -2.20. The Balaban J connectivity index is 1.81. The molecule has 7 heteroatoms. The van der Waals surface area contributed by atoms with Gasteiger partial charge in [0.1, 0.15) is 5.56 Å². The number of H-pyrrole nitrogens is 1. The molecule has 0 saturated heterocycles. The van der Waals surface area contributed by atoms with Crippen molar-refractivity contribution in [3.63, 3.8) is 0 Å². The Bertz CT molecular complexity index is 959. The minimum absolute atomic E-state index is 0.0761. The highest BCUT2D eigenvalue weighted by Gasteiger charge is 2.25. The molecule has 27 heavy (non-hydrogen) atoms. The third kappa shape index (κ3) is 3.97. The minimum atomic E-state index is -0.616. The van der Waals surface area contributed by atoms with Gasteiger partial charge in [0, 0.05) is 23.4 Å². The van der Waals surface area contributed by atoms with Gasteiger partial charge in [-0.1, -0.05) is 6.92 Å². The lowest BCUT2D eigenvalue weighted by atomic mass is 9.86. The summed E-state index contributed by atoms with van der Waals surface area (Å²) in [5, 5.41) is 2.61. The molecule has 0 spiro atoms. The lowest BCUT2D eigenvalue weighted by Crippen LogP contribution is -2.29. The number of carbonyl (C=O) groups excluding carboxylic acids is 3. The number of hydrogen-bond donors (Lipinski definition) is 2. The highest BCUT2D eigenvalue weighted by atomic mass is 16.5. The van der Waals surface area contributed by atoms with Crippen LogP contribution in [0.15, 0.2) is 35.1 Å². The van der Waals surface area contributed by atoms with Crippen LogP contribution in [0.5, 0.6) is 0 Å². The maximum absolute atomic E-state index is 12.5. The van der Waals surface area contributed by atoms with Gasteiger partial charge in [-0.2, -0.15) is 0 Å². The van der Waals surface area contributed by atoms with E-state index in [0.717, 1.165) is 0 Å². The molecule has 1 atom stereocenters. The van der Waals surface area contributed by atoms with Crippen molar-refractivity contribution in [3.05, 3.63) is 63.1 Å². The van der Waals surface area contributed by atoms with Gasteiger partial charge >= 0.3 is 5.97 Å². The quantitative estimate of drug-likeness (QED) is 0.807. The predicted octanol–water partition coefficient (Wildman–Crippen LogP) is 2.57. The summed E-state index contributed by atoms with van der Waals surface area (Å²) >= 11 is 0. The number of rotatable bonds is 4. The number of esters is 1. The zero-order chi connectivity index (χ0) is 19.6. The van der Waals surface area contributed by atoms with Gasteiger partial charge in [0.25, 0.3) is 11.5 Å². The number of ether oxygens (including phenoxy) is 1. The van der Waals surface area contributed by atoms with E-state index in [1.807, 2.05) is 6.92 Å². The van der Waals surface area contributed by atoms with E-state index in [1.54, 1.807) is 19.1 Å². The number of amides is 1. The van der Waals surface area contributed by atoms with Crippen LogP contribution in [0.25, 0.3) is 0 Å². The molecule has 140 valence electrons. The van der Waals surface area contributed by atoms with Crippen molar-refractivity contribution in [1.82, 2.24) is 4.98 Å². The fourth-order valence-corrected chi connectivity index (χ4v) is 3.10. The number of benzene rings is 1. The number of aromatic nitrogens is 1. The molecule has 7 nitrogen and oxygen atoms in total. The normalized spacial score (nSPS) is 15.8. The van der Waals surface area contributed by atoms with Crippen molar-refractivity contribution in [2.45, 2.75) is 26.7 Å². The van der Waals surface area contributed by atoms with Crippen LogP contribution in [-0.2, 0) is 11.2 Å². The van der Waals surface area contributed by atoms with Gasteiger partial charge in [0.2, 0.25) is 0 Å². The fourth-order valence-electron chi connectivity index (χ4n) is 3.10. The zero-order valence-corrected chi connectivity index (χ0v) is 15.1. The summed E-state index contributed by atoms with van der Waals surface area (Å²) in [5.74, 6) is -0.977. The summed E-state index contributed by atoms with van der Waals surface area (Å²) < 4.78 is 4.90. The molecule has 0 radical (unpaired) electrons. The average molecular weight is 368 g/mol. The van der Waals surface area contributed by atoms with Crippen LogP contribution < -0.4 is 10.9 Å². The molecule has 0 saturated carbocycles. The zero-order valence-electron chi connectivity index (χ0n) is 15.1. The third-order valence-electron chi connectivity index (χ3n) is 4.41. The smallest absolute Gasteiger partial charge is 0.338 e. The van der Waals surface area contributed by atoms with Crippen LogP contribution >= 0.6 is 0 Å². The number of hydrogen-bond acceptors (Lipinski definition) is 5. The average Bonchev–Trinajstić information content (AvgIpc) is 2.61. The first-order valence-electron chi connectivity index (χ1n) is 8.77. The maximum Gasteiger partial charge on any atom is 0.338 e. The third-order valence-corrected chi connectivity index (χ3v) is 4.41. The van der Waals surface area contributed by atoms with Crippen LogP contribution in [0.4, 0.5) is 5.69 Å². The van der Waals surface area contributed by atoms with E-state index < -0.39 is 17.4 Å². The molecule has 0 bridgehead atoms. The summed E-state index contributed by atoms with van der Waals surface area (Å²) in [6, 6.07) is 7.50. The van der Waals surface area contributed by atoms with E-state index in [2.05, 4.69) is 10.3 Å². The molecule has 1 aromatic carbocycles. The molecule has 1 aliphatic carbocycles. The Labute approximate surface area is 155 Å². The summed E-state index contributed by atoms with van der Waals surface area (Å²) in [6.07, 6.45) is 1.00. The summed E-state index contributed by atoms with van der Waals surface area (Å²) in [5.41, 5.74) is 1.11. The van der Waals surface area contributed by atoms with E-state index in [-0.39, 0.29) is 23.9 Å². The Morgan fingerprint density at radius 1 is 1.19 bits per heavy atom. The van der Waals surface area contributed by atoms with Crippen molar-refractivity contribution in [1.29, 1.82) is 0 Å². The van der Waals surface area contributed by atoms with Crippen molar-refractivity contribution >= 4 is 23.3 Å². The van der Waals surface area contributed by atoms with E-state index in [9.17, 15) is 19.2 Å². The molecule has 2 aromatic rings. The Morgan fingerprint density at radius 2 is 1.89 bits per heavy atom. The number of aromatic amines is 1. The number of Topliss-reactive ketones (excluding diaryl/α,β-unsaturated/α-hetero) is 1. The number of fused-ring (bicyclic) bond motifs is 1. The summed E-state index contributed by atoms with van der Waals surface area (Å²) in [4.78, 5) is 51.3. The van der Waals surface area contributed by atoms with Crippen LogP contribution in [-0.4, -0.2) is 29.3 Å². The molecule has 1 amide bonds. The predicted molar refractivity (Wildman–Crippen MR) is 99.2 cm³/mol. The van der Waals surface area contributed by atoms with E-state index in [4.69, 9.17) is 4.74 Å². The Morgan fingerprint density at radius 3 is 2.56 bits per heavy atom. The number of nitrogens with one attached hydrogen (secondary N) is 2. The van der Waals surface area contributed by atoms with Crippen LogP contribution in [0.3, 0.4) is 0 Å². The van der Waals surface area contributed by atoms with Gasteiger partial charge in [-0.25, -0.2) is 4.79 Å². The first-order valence-corrected chi connectivity index (χ1v) is 8.77. The van der Waals surface area contributed by atoms with Gasteiger partial charge in [0.15, 0.2) is 5.78 Å². The number of pyridine rings is 1. The number of carbonyl (C=O) groups is 3. The van der Waals surface area contributed by atoms with Gasteiger partial charge in [-0.05, 0) is 49.6 Å². The lowest BCUT2D eigenvalue weighted by molar-refractivity contribution is 0.0526. The standard InChI is InChI=1S/C20H20N2O5/c1-3-27-20(26)12-4-6-13(7-5-12)21-18(24)15-10-14-16(22-19(15)25)8-11(2)9-17(14)23/h4-7,10-11H,3,8-9H2,1-2H3,(H,21,24)(H,22,25). The SMILES string of the molecule is CCOC(=O)c1ccc(NC(=O)c2cc3c([nH]c2=O)CC(C)CC3=O)cc1. The van der Waals surface area contributed by atoms with Crippen molar-refractivity contribution in [2.75, 3.05) is 11.9 Å². The molecule has 1 aromatic heterocycles. The molecule has 3 rings (SSSR count). The first-order chi connectivity index (χ1) is 12.9. The number of ketones is 1. The largest absolute Gasteiger partial charge is 0.462 e. The van der Waals surface area contributed by atoms with Crippen LogP contribution in [0.1, 0.15) is 57.0 Å². The summed E-state index contributed by atoms with van der Waals surface area (Å²) in [7, 11) is 0. The minimum Gasteiger partial charge on any atom is -0.462 e. The maximum atomic E-state index is 12.5. The first kappa shape index (κ1) is 18.6. The molecule has 0 fully saturated rings. The topological polar surface area (TPSA) is 105 Å². The Hall–Kier alpha value is -3.22. The molecule has 0 aliphatic heterocycles. The van der Waals surface area contributed by atoms with Gasteiger partial charge in [-0.15, -0.1) is 0 Å². The highest BCUT2D eigenvalue weighted by molar-refractivity contribution is 6.06. The van der Waals surface area contributed by atoms with E-state index in [0.29, 0.717) is 35.3 Å². The van der Waals surface area contributed by atoms with E-state index >= 15 is 0 Å². The van der Waals surface area contributed by atoms with Gasteiger partial charge < -0.3 is 15.0 Å². The fraction of sp³-hybridized carbons (Fsp3) is 0.300. The van der Waals surface area contributed by atoms with Crippen LogP contribution in [0, 0.1) is 5.92 Å². The molecule has 2 N–H and O–H groups in total. The monoisotopic (exact) mass is 368 g/mol. The van der Waals surface area contributed by atoms with Gasteiger partial charge in [-0.3, -0.25) is 14.4 Å². The van der Waals surface area contributed by atoms with Crippen LogP contribution in [0.2, 0.25) is 0 Å².